The maximum Gasteiger partial charge on any atom is 0.308 e. The lowest BCUT2D eigenvalue weighted by atomic mass is 10.0. The monoisotopic (exact) mass is 326 g/mol. The van der Waals surface area contributed by atoms with Crippen LogP contribution in [0.1, 0.15) is 34.1 Å². The molecular weight excluding hydrogens is 304 g/mol. The van der Waals surface area contributed by atoms with E-state index in [0.717, 1.165) is 11.1 Å². The van der Waals surface area contributed by atoms with Crippen LogP contribution in [0, 0.1) is 19.8 Å². The van der Waals surface area contributed by atoms with Gasteiger partial charge in [0.05, 0.1) is 24.3 Å². The highest BCUT2D eigenvalue weighted by Crippen LogP contribution is 2.17. The summed E-state index contributed by atoms with van der Waals surface area (Å²) < 4.78 is 4.73. The standard InChI is InChI=1S/C19H22N2O3/c1-12-9-10-20-14(3)17(12)18(22)21-16-7-5-15(6-8-16)11-13(2)19(23)24-4/h5-10,13H,11H2,1-4H3,(H,21,22). The van der Waals surface area contributed by atoms with Crippen LogP contribution in [0.3, 0.4) is 0 Å². The minimum absolute atomic E-state index is 0.172. The number of aromatic nitrogens is 1. The molecule has 0 radical (unpaired) electrons. The molecular formula is C19H22N2O3. The number of nitrogens with one attached hydrogen (secondary N) is 1. The Morgan fingerprint density at radius 1 is 1.17 bits per heavy atom. The summed E-state index contributed by atoms with van der Waals surface area (Å²) in [6, 6.07) is 9.28. The number of pyridine rings is 1. The summed E-state index contributed by atoms with van der Waals surface area (Å²) in [7, 11) is 1.39. The zero-order valence-corrected chi connectivity index (χ0v) is 14.4. The molecule has 0 aliphatic rings. The van der Waals surface area contributed by atoms with Gasteiger partial charge < -0.3 is 10.1 Å². The van der Waals surface area contributed by atoms with E-state index in [9.17, 15) is 9.59 Å². The zero-order chi connectivity index (χ0) is 17.7. The minimum atomic E-state index is -0.227. The second kappa shape index (κ2) is 7.73. The van der Waals surface area contributed by atoms with Gasteiger partial charge in [0.1, 0.15) is 0 Å². The molecule has 0 saturated heterocycles. The first kappa shape index (κ1) is 17.7. The van der Waals surface area contributed by atoms with Crippen LogP contribution in [0.25, 0.3) is 0 Å². The second-order valence-corrected chi connectivity index (χ2v) is 5.87. The van der Waals surface area contributed by atoms with Crippen molar-refractivity contribution in [3.8, 4) is 0 Å². The number of hydrogen-bond donors (Lipinski definition) is 1. The molecule has 2 rings (SSSR count). The van der Waals surface area contributed by atoms with Crippen LogP contribution >= 0.6 is 0 Å². The van der Waals surface area contributed by atoms with E-state index in [1.807, 2.05) is 51.1 Å². The first-order chi connectivity index (χ1) is 11.4. The molecule has 1 aromatic carbocycles. The molecule has 5 nitrogen and oxygen atoms in total. The third kappa shape index (κ3) is 4.19. The number of esters is 1. The van der Waals surface area contributed by atoms with Gasteiger partial charge in [-0.2, -0.15) is 0 Å². The maximum absolute atomic E-state index is 12.4. The van der Waals surface area contributed by atoms with Crippen molar-refractivity contribution in [1.82, 2.24) is 4.98 Å². The molecule has 126 valence electrons. The molecule has 5 heteroatoms. The smallest absolute Gasteiger partial charge is 0.308 e. The van der Waals surface area contributed by atoms with Gasteiger partial charge >= 0.3 is 5.97 Å². The molecule has 1 atom stereocenters. The summed E-state index contributed by atoms with van der Waals surface area (Å²) in [6.07, 6.45) is 2.29. The molecule has 1 heterocycles. The number of anilines is 1. The van der Waals surface area contributed by atoms with Gasteiger partial charge in [0.25, 0.3) is 5.91 Å². The highest BCUT2D eigenvalue weighted by atomic mass is 16.5. The van der Waals surface area contributed by atoms with Crippen LogP contribution in [-0.2, 0) is 16.0 Å². The van der Waals surface area contributed by atoms with Gasteiger partial charge in [-0.1, -0.05) is 19.1 Å². The molecule has 0 aliphatic carbocycles. The van der Waals surface area contributed by atoms with E-state index in [1.165, 1.54) is 7.11 Å². The van der Waals surface area contributed by atoms with Gasteiger partial charge in [0.2, 0.25) is 0 Å². The molecule has 0 fully saturated rings. The molecule has 1 amide bonds. The number of hydrogen-bond acceptors (Lipinski definition) is 4. The number of carbonyl (C=O) groups excluding carboxylic acids is 2. The topological polar surface area (TPSA) is 68.3 Å². The number of carbonyl (C=O) groups is 2. The van der Waals surface area contributed by atoms with Gasteiger partial charge in [-0.05, 0) is 49.6 Å². The average molecular weight is 326 g/mol. The second-order valence-electron chi connectivity index (χ2n) is 5.87. The molecule has 2 aromatic rings. The Morgan fingerprint density at radius 3 is 2.42 bits per heavy atom. The fraction of sp³-hybridized carbons (Fsp3) is 0.316. The number of methoxy groups -OCH3 is 1. The van der Waals surface area contributed by atoms with Gasteiger partial charge in [0.15, 0.2) is 0 Å². The molecule has 0 saturated carbocycles. The van der Waals surface area contributed by atoms with Crippen LogP contribution in [0.5, 0.6) is 0 Å². The van der Waals surface area contributed by atoms with Crippen LogP contribution in [0.2, 0.25) is 0 Å². The van der Waals surface area contributed by atoms with Crippen molar-refractivity contribution in [2.24, 2.45) is 5.92 Å². The summed E-state index contributed by atoms with van der Waals surface area (Å²) in [4.78, 5) is 28.1. The molecule has 1 N–H and O–H groups in total. The molecule has 24 heavy (non-hydrogen) atoms. The number of rotatable bonds is 5. The van der Waals surface area contributed by atoms with Gasteiger partial charge in [-0.25, -0.2) is 0 Å². The third-order valence-electron chi connectivity index (χ3n) is 3.93. The molecule has 0 spiro atoms. The number of ether oxygens (including phenoxy) is 1. The SMILES string of the molecule is COC(=O)C(C)Cc1ccc(NC(=O)c2c(C)ccnc2C)cc1. The van der Waals surface area contributed by atoms with E-state index < -0.39 is 0 Å². The van der Waals surface area contributed by atoms with E-state index in [0.29, 0.717) is 23.4 Å². The highest BCUT2D eigenvalue weighted by Gasteiger charge is 2.15. The number of amides is 1. The van der Waals surface area contributed by atoms with E-state index in [2.05, 4.69) is 10.3 Å². The lowest BCUT2D eigenvalue weighted by Crippen LogP contribution is -2.16. The zero-order valence-electron chi connectivity index (χ0n) is 14.4. The fourth-order valence-corrected chi connectivity index (χ4v) is 2.59. The molecule has 0 aliphatic heterocycles. The van der Waals surface area contributed by atoms with E-state index >= 15 is 0 Å². The predicted octanol–water partition coefficient (Wildman–Crippen LogP) is 3.30. The largest absolute Gasteiger partial charge is 0.469 e. The number of aryl methyl sites for hydroxylation is 2. The quantitative estimate of drug-likeness (QED) is 0.856. The van der Waals surface area contributed by atoms with Crippen molar-refractivity contribution in [2.75, 3.05) is 12.4 Å². The summed E-state index contributed by atoms with van der Waals surface area (Å²) >= 11 is 0. The van der Waals surface area contributed by atoms with Crippen molar-refractivity contribution in [2.45, 2.75) is 27.2 Å². The highest BCUT2D eigenvalue weighted by molar-refractivity contribution is 6.05. The normalized spacial score (nSPS) is 11.7. The Labute approximate surface area is 142 Å². The first-order valence-electron chi connectivity index (χ1n) is 7.82. The summed E-state index contributed by atoms with van der Waals surface area (Å²) in [5, 5.41) is 2.88. The molecule has 0 bridgehead atoms. The summed E-state index contributed by atoms with van der Waals surface area (Å²) in [6.45, 7) is 5.54. The Hall–Kier alpha value is -2.69. The van der Waals surface area contributed by atoms with Crippen molar-refractivity contribution in [3.05, 3.63) is 58.9 Å². The number of benzene rings is 1. The average Bonchev–Trinajstić information content (AvgIpc) is 2.55. The van der Waals surface area contributed by atoms with Crippen LogP contribution in [-0.4, -0.2) is 24.0 Å². The van der Waals surface area contributed by atoms with Crippen molar-refractivity contribution in [1.29, 1.82) is 0 Å². The van der Waals surface area contributed by atoms with E-state index in [-0.39, 0.29) is 17.8 Å². The lowest BCUT2D eigenvalue weighted by Gasteiger charge is -2.11. The van der Waals surface area contributed by atoms with Gasteiger partial charge in [-0.15, -0.1) is 0 Å². The minimum Gasteiger partial charge on any atom is -0.469 e. The molecule has 1 unspecified atom stereocenters. The van der Waals surface area contributed by atoms with Crippen molar-refractivity contribution >= 4 is 17.6 Å². The van der Waals surface area contributed by atoms with Gasteiger partial charge in [-0.3, -0.25) is 14.6 Å². The lowest BCUT2D eigenvalue weighted by molar-refractivity contribution is -0.144. The van der Waals surface area contributed by atoms with Crippen LogP contribution in [0.4, 0.5) is 5.69 Å². The summed E-state index contributed by atoms with van der Waals surface area (Å²) in [5.74, 6) is -0.597. The number of nitrogens with zero attached hydrogens (tertiary/aromatic N) is 1. The Bertz CT molecular complexity index is 719. The van der Waals surface area contributed by atoms with Crippen LogP contribution in [0.15, 0.2) is 36.5 Å². The van der Waals surface area contributed by atoms with Gasteiger partial charge in [0, 0.05) is 11.9 Å². The maximum atomic E-state index is 12.4. The Kier molecular flexibility index (Phi) is 5.68. The first-order valence-corrected chi connectivity index (χ1v) is 7.82. The Balaban J connectivity index is 2.06. The van der Waals surface area contributed by atoms with Crippen molar-refractivity contribution in [3.63, 3.8) is 0 Å². The molecule has 1 aromatic heterocycles. The summed E-state index contributed by atoms with van der Waals surface area (Å²) in [5.41, 5.74) is 3.91. The van der Waals surface area contributed by atoms with E-state index in [1.54, 1.807) is 6.20 Å². The fourth-order valence-electron chi connectivity index (χ4n) is 2.59. The predicted molar refractivity (Wildman–Crippen MR) is 93.0 cm³/mol. The van der Waals surface area contributed by atoms with Crippen LogP contribution < -0.4 is 5.32 Å². The Morgan fingerprint density at radius 2 is 1.83 bits per heavy atom. The van der Waals surface area contributed by atoms with Crippen molar-refractivity contribution < 1.29 is 14.3 Å². The third-order valence-corrected chi connectivity index (χ3v) is 3.93. The van der Waals surface area contributed by atoms with E-state index in [4.69, 9.17) is 4.74 Å².